The number of benzene rings is 2. The number of hydrogen-bond acceptors (Lipinski definition) is 2. The molecule has 0 radical (unpaired) electrons. The van der Waals surface area contributed by atoms with Crippen molar-refractivity contribution in [2.45, 2.75) is 6.54 Å². The van der Waals surface area contributed by atoms with Crippen LogP contribution in [0.2, 0.25) is 15.1 Å². The van der Waals surface area contributed by atoms with Gasteiger partial charge in [-0.15, -0.1) is 0 Å². The molecule has 0 atom stereocenters. The van der Waals surface area contributed by atoms with Gasteiger partial charge in [-0.05, 0) is 12.1 Å². The van der Waals surface area contributed by atoms with Crippen molar-refractivity contribution in [3.63, 3.8) is 0 Å². The molecule has 2 rings (SSSR count). The first-order valence-electron chi connectivity index (χ1n) is 5.22. The zero-order valence-electron chi connectivity index (χ0n) is 9.29. The van der Waals surface area contributed by atoms with Crippen LogP contribution in [-0.2, 0) is 6.54 Å². The highest BCUT2D eigenvalue weighted by molar-refractivity contribution is 6.43. The molecule has 2 nitrogen and oxygen atoms in total. The van der Waals surface area contributed by atoms with E-state index in [4.69, 9.17) is 45.3 Å². The van der Waals surface area contributed by atoms with Gasteiger partial charge in [0.25, 0.3) is 0 Å². The molecule has 2 N–H and O–H groups in total. The molecule has 0 aliphatic heterocycles. The van der Waals surface area contributed by atoms with Crippen LogP contribution in [0.5, 0.6) is 11.5 Å². The van der Waals surface area contributed by atoms with Crippen molar-refractivity contribution in [3.8, 4) is 11.5 Å². The van der Waals surface area contributed by atoms with Crippen molar-refractivity contribution >= 4 is 34.8 Å². The molecule has 0 fully saturated rings. The molecule has 0 heterocycles. The third-order valence-corrected chi connectivity index (χ3v) is 3.40. The summed E-state index contributed by atoms with van der Waals surface area (Å²) in [4.78, 5) is 0. The molecule has 0 amide bonds. The highest BCUT2D eigenvalue weighted by Crippen LogP contribution is 2.37. The standard InChI is InChI=1S/C13H10Cl3NO/c14-9-5-11(16)13(6-10(9)15)18-12-4-2-1-3-8(12)7-17/h1-6H,7,17H2. The average Bonchev–Trinajstić information content (AvgIpc) is 2.36. The lowest BCUT2D eigenvalue weighted by Gasteiger charge is -2.11. The van der Waals surface area contributed by atoms with Crippen LogP contribution in [0, 0.1) is 0 Å². The molecule has 0 saturated carbocycles. The minimum atomic E-state index is 0.384. The molecule has 0 aromatic heterocycles. The second-order valence-electron chi connectivity index (χ2n) is 3.61. The van der Waals surface area contributed by atoms with Gasteiger partial charge >= 0.3 is 0 Å². The number of halogens is 3. The maximum absolute atomic E-state index is 6.05. The number of ether oxygens (including phenoxy) is 1. The SMILES string of the molecule is NCc1ccccc1Oc1cc(Cl)c(Cl)cc1Cl. The molecule has 0 unspecified atom stereocenters. The van der Waals surface area contributed by atoms with Crippen molar-refractivity contribution in [2.24, 2.45) is 5.73 Å². The topological polar surface area (TPSA) is 35.2 Å². The fraction of sp³-hybridized carbons (Fsp3) is 0.0769. The largest absolute Gasteiger partial charge is 0.455 e. The van der Waals surface area contributed by atoms with E-state index >= 15 is 0 Å². The number of rotatable bonds is 3. The zero-order chi connectivity index (χ0) is 13.1. The minimum absolute atomic E-state index is 0.384. The molecule has 2 aromatic rings. The fourth-order valence-corrected chi connectivity index (χ4v) is 2.05. The molecule has 5 heteroatoms. The molecular weight excluding hydrogens is 293 g/mol. The maximum atomic E-state index is 6.05. The molecule has 18 heavy (non-hydrogen) atoms. The predicted molar refractivity (Wildman–Crippen MR) is 75.9 cm³/mol. The summed E-state index contributed by atoms with van der Waals surface area (Å²) in [6, 6.07) is 10.6. The van der Waals surface area contributed by atoms with E-state index in [1.165, 1.54) is 0 Å². The molecule has 0 aliphatic rings. The number of para-hydroxylation sites is 1. The van der Waals surface area contributed by atoms with Crippen molar-refractivity contribution in [2.75, 3.05) is 0 Å². The zero-order valence-corrected chi connectivity index (χ0v) is 11.6. The van der Waals surface area contributed by atoms with Crippen LogP contribution < -0.4 is 10.5 Å². The van der Waals surface area contributed by atoms with Gasteiger partial charge in [-0.2, -0.15) is 0 Å². The van der Waals surface area contributed by atoms with Crippen LogP contribution in [0.25, 0.3) is 0 Å². The van der Waals surface area contributed by atoms with Gasteiger partial charge in [0.2, 0.25) is 0 Å². The van der Waals surface area contributed by atoms with E-state index in [1.807, 2.05) is 24.3 Å². The van der Waals surface area contributed by atoms with E-state index in [9.17, 15) is 0 Å². The summed E-state index contributed by atoms with van der Waals surface area (Å²) >= 11 is 17.8. The summed E-state index contributed by atoms with van der Waals surface area (Å²) in [5.74, 6) is 1.10. The van der Waals surface area contributed by atoms with Crippen LogP contribution >= 0.6 is 34.8 Å². The first kappa shape index (κ1) is 13.5. The Morgan fingerprint density at radius 2 is 1.56 bits per heavy atom. The minimum Gasteiger partial charge on any atom is -0.455 e. The van der Waals surface area contributed by atoms with Gasteiger partial charge in [-0.3, -0.25) is 0 Å². The van der Waals surface area contributed by atoms with Gasteiger partial charge in [0.15, 0.2) is 0 Å². The van der Waals surface area contributed by atoms with Gasteiger partial charge in [0.05, 0.1) is 15.1 Å². The van der Waals surface area contributed by atoms with E-state index in [2.05, 4.69) is 0 Å². The quantitative estimate of drug-likeness (QED) is 0.819. The lowest BCUT2D eigenvalue weighted by atomic mass is 10.2. The normalized spacial score (nSPS) is 10.4. The van der Waals surface area contributed by atoms with Crippen LogP contribution in [-0.4, -0.2) is 0 Å². The second kappa shape index (κ2) is 5.81. The molecule has 0 aliphatic carbocycles. The van der Waals surface area contributed by atoms with Gasteiger partial charge in [0.1, 0.15) is 11.5 Å². The first-order valence-corrected chi connectivity index (χ1v) is 6.35. The predicted octanol–water partition coefficient (Wildman–Crippen LogP) is 4.90. The smallest absolute Gasteiger partial charge is 0.147 e. The number of nitrogens with two attached hydrogens (primary N) is 1. The molecule has 94 valence electrons. The highest BCUT2D eigenvalue weighted by atomic mass is 35.5. The first-order chi connectivity index (χ1) is 8.61. The van der Waals surface area contributed by atoms with Gasteiger partial charge < -0.3 is 10.5 Å². The summed E-state index contributed by atoms with van der Waals surface area (Å²) in [7, 11) is 0. The number of hydrogen-bond donors (Lipinski definition) is 1. The van der Waals surface area contributed by atoms with E-state index in [1.54, 1.807) is 12.1 Å². The Morgan fingerprint density at radius 1 is 0.889 bits per heavy atom. The lowest BCUT2D eigenvalue weighted by molar-refractivity contribution is 0.476. The Hall–Kier alpha value is -0.930. The van der Waals surface area contributed by atoms with Crippen molar-refractivity contribution in [3.05, 3.63) is 57.0 Å². The Bertz CT molecular complexity index is 572. The van der Waals surface area contributed by atoms with Crippen LogP contribution in [0.1, 0.15) is 5.56 Å². The van der Waals surface area contributed by atoms with Gasteiger partial charge in [-0.25, -0.2) is 0 Å². The Labute approximate surface area is 120 Å². The van der Waals surface area contributed by atoms with E-state index < -0.39 is 0 Å². The third kappa shape index (κ3) is 2.90. The van der Waals surface area contributed by atoms with E-state index in [0.717, 1.165) is 5.56 Å². The molecule has 0 spiro atoms. The molecular formula is C13H10Cl3NO. The van der Waals surface area contributed by atoms with Crippen molar-refractivity contribution in [1.29, 1.82) is 0 Å². The van der Waals surface area contributed by atoms with Crippen molar-refractivity contribution in [1.82, 2.24) is 0 Å². The van der Waals surface area contributed by atoms with Crippen LogP contribution in [0.3, 0.4) is 0 Å². The fourth-order valence-electron chi connectivity index (χ4n) is 1.47. The summed E-state index contributed by atoms with van der Waals surface area (Å²) in [5.41, 5.74) is 6.52. The Kier molecular flexibility index (Phi) is 4.36. The summed E-state index contributed by atoms with van der Waals surface area (Å²) < 4.78 is 5.71. The van der Waals surface area contributed by atoms with Gasteiger partial charge in [-0.1, -0.05) is 53.0 Å². The Balaban J connectivity index is 2.37. The van der Waals surface area contributed by atoms with Crippen molar-refractivity contribution < 1.29 is 4.74 Å². The van der Waals surface area contributed by atoms with E-state index in [0.29, 0.717) is 33.1 Å². The second-order valence-corrected chi connectivity index (χ2v) is 4.83. The molecule has 2 aromatic carbocycles. The maximum Gasteiger partial charge on any atom is 0.147 e. The van der Waals surface area contributed by atoms with Gasteiger partial charge in [0, 0.05) is 18.2 Å². The summed E-state index contributed by atoms with van der Waals surface area (Å²) in [6.07, 6.45) is 0. The molecule has 0 bridgehead atoms. The molecule has 0 saturated heterocycles. The monoisotopic (exact) mass is 301 g/mol. The van der Waals surface area contributed by atoms with Crippen LogP contribution in [0.4, 0.5) is 0 Å². The average molecular weight is 303 g/mol. The summed E-state index contributed by atoms with van der Waals surface area (Å²) in [6.45, 7) is 0.384. The van der Waals surface area contributed by atoms with Crippen LogP contribution in [0.15, 0.2) is 36.4 Å². The lowest BCUT2D eigenvalue weighted by Crippen LogP contribution is -1.99. The summed E-state index contributed by atoms with van der Waals surface area (Å²) in [5, 5.41) is 1.18. The highest BCUT2D eigenvalue weighted by Gasteiger charge is 2.09. The Morgan fingerprint density at radius 3 is 2.28 bits per heavy atom. The third-order valence-electron chi connectivity index (χ3n) is 2.39. The van der Waals surface area contributed by atoms with E-state index in [-0.39, 0.29) is 0 Å².